The second kappa shape index (κ2) is 5.83. The summed E-state index contributed by atoms with van der Waals surface area (Å²) in [6, 6.07) is 10.9. The van der Waals surface area contributed by atoms with Crippen molar-refractivity contribution in [3.63, 3.8) is 0 Å². The van der Waals surface area contributed by atoms with Crippen LogP contribution < -0.4 is 5.32 Å². The van der Waals surface area contributed by atoms with Crippen LogP contribution in [0.1, 0.15) is 16.7 Å². The van der Waals surface area contributed by atoms with Gasteiger partial charge in [0.2, 0.25) is 0 Å². The molecule has 2 aromatic carbocycles. The highest BCUT2D eigenvalue weighted by Gasteiger charge is 2.33. The minimum absolute atomic E-state index is 0.131. The van der Waals surface area contributed by atoms with Crippen molar-refractivity contribution >= 4 is 5.69 Å². The zero-order valence-electron chi connectivity index (χ0n) is 10.7. The van der Waals surface area contributed by atoms with Gasteiger partial charge in [0.15, 0.2) is 0 Å². The summed E-state index contributed by atoms with van der Waals surface area (Å²) >= 11 is 0. The molecule has 0 saturated carbocycles. The molecule has 21 heavy (non-hydrogen) atoms. The zero-order valence-corrected chi connectivity index (χ0v) is 10.7. The molecule has 0 saturated heterocycles. The van der Waals surface area contributed by atoms with Crippen molar-refractivity contribution in [2.24, 2.45) is 0 Å². The van der Waals surface area contributed by atoms with Crippen molar-refractivity contribution in [1.82, 2.24) is 0 Å². The van der Waals surface area contributed by atoms with Gasteiger partial charge in [0.25, 0.3) is 0 Å². The Morgan fingerprint density at radius 2 is 1.76 bits per heavy atom. The number of alkyl halides is 3. The molecule has 0 aliphatic heterocycles. The Morgan fingerprint density at radius 3 is 2.43 bits per heavy atom. The van der Waals surface area contributed by atoms with Crippen LogP contribution in [0.5, 0.6) is 0 Å². The Morgan fingerprint density at radius 1 is 1.05 bits per heavy atom. The molecule has 0 radical (unpaired) electrons. The Kier molecular flexibility index (Phi) is 4.13. The SMILES string of the molecule is N#Cc1cccc(CNc2ccccc2C(F)(F)F)c1F. The summed E-state index contributed by atoms with van der Waals surface area (Å²) in [7, 11) is 0. The van der Waals surface area contributed by atoms with Gasteiger partial charge < -0.3 is 5.32 Å². The average Bonchev–Trinajstić information content (AvgIpc) is 2.45. The number of benzene rings is 2. The first-order chi connectivity index (χ1) is 9.93. The molecule has 0 atom stereocenters. The average molecular weight is 294 g/mol. The lowest BCUT2D eigenvalue weighted by molar-refractivity contribution is -0.136. The van der Waals surface area contributed by atoms with Crippen molar-refractivity contribution in [3.8, 4) is 6.07 Å². The summed E-state index contributed by atoms with van der Waals surface area (Å²) < 4.78 is 52.3. The zero-order chi connectivity index (χ0) is 15.5. The largest absolute Gasteiger partial charge is 0.418 e. The number of anilines is 1. The highest BCUT2D eigenvalue weighted by atomic mass is 19.4. The van der Waals surface area contributed by atoms with Crippen LogP contribution in [0.2, 0.25) is 0 Å². The molecule has 0 aliphatic rings. The lowest BCUT2D eigenvalue weighted by Gasteiger charge is -2.14. The molecule has 2 aromatic rings. The van der Waals surface area contributed by atoms with E-state index in [2.05, 4.69) is 5.32 Å². The van der Waals surface area contributed by atoms with Gasteiger partial charge in [-0.15, -0.1) is 0 Å². The molecule has 2 rings (SSSR count). The van der Waals surface area contributed by atoms with E-state index in [9.17, 15) is 17.6 Å². The molecular weight excluding hydrogens is 284 g/mol. The molecule has 0 spiro atoms. The summed E-state index contributed by atoms with van der Waals surface area (Å²) in [5, 5.41) is 11.3. The quantitative estimate of drug-likeness (QED) is 0.855. The molecule has 0 fully saturated rings. The standard InChI is InChI=1S/C15H10F4N2/c16-14-10(8-20)4-3-5-11(14)9-21-13-7-2-1-6-12(13)15(17,18)19/h1-7,21H,9H2. The summed E-state index contributed by atoms with van der Waals surface area (Å²) in [6.07, 6.45) is -4.49. The minimum Gasteiger partial charge on any atom is -0.380 e. The number of rotatable bonds is 3. The molecule has 0 heterocycles. The van der Waals surface area contributed by atoms with E-state index in [0.29, 0.717) is 0 Å². The lowest BCUT2D eigenvalue weighted by Crippen LogP contribution is -2.11. The molecule has 0 aliphatic carbocycles. The van der Waals surface area contributed by atoms with Crippen LogP contribution in [0.4, 0.5) is 23.2 Å². The first-order valence-electron chi connectivity index (χ1n) is 6.01. The van der Waals surface area contributed by atoms with Gasteiger partial charge in [-0.25, -0.2) is 4.39 Å². The predicted molar refractivity (Wildman–Crippen MR) is 69.9 cm³/mol. The molecule has 0 amide bonds. The molecule has 0 unspecified atom stereocenters. The van der Waals surface area contributed by atoms with Gasteiger partial charge in [0.05, 0.1) is 11.1 Å². The number of nitriles is 1. The second-order valence-corrected chi connectivity index (χ2v) is 4.29. The van der Waals surface area contributed by atoms with E-state index < -0.39 is 17.6 Å². The van der Waals surface area contributed by atoms with Gasteiger partial charge in [0.1, 0.15) is 11.9 Å². The van der Waals surface area contributed by atoms with Crippen LogP contribution in [-0.4, -0.2) is 0 Å². The van der Waals surface area contributed by atoms with Crippen molar-refractivity contribution in [1.29, 1.82) is 5.26 Å². The fourth-order valence-corrected chi connectivity index (χ4v) is 1.88. The molecule has 108 valence electrons. The highest BCUT2D eigenvalue weighted by Crippen LogP contribution is 2.34. The van der Waals surface area contributed by atoms with Crippen molar-refractivity contribution in [2.75, 3.05) is 5.32 Å². The van der Waals surface area contributed by atoms with Crippen LogP contribution in [0, 0.1) is 17.1 Å². The Hall–Kier alpha value is -2.55. The normalized spacial score (nSPS) is 11.0. The van der Waals surface area contributed by atoms with E-state index in [1.165, 1.54) is 36.4 Å². The van der Waals surface area contributed by atoms with Gasteiger partial charge in [-0.2, -0.15) is 18.4 Å². The number of nitrogens with one attached hydrogen (secondary N) is 1. The van der Waals surface area contributed by atoms with E-state index in [-0.39, 0.29) is 23.4 Å². The maximum absolute atomic E-state index is 13.8. The smallest absolute Gasteiger partial charge is 0.380 e. The lowest BCUT2D eigenvalue weighted by atomic mass is 10.1. The third-order valence-electron chi connectivity index (χ3n) is 2.90. The number of hydrogen-bond donors (Lipinski definition) is 1. The van der Waals surface area contributed by atoms with Crippen LogP contribution in [0.25, 0.3) is 0 Å². The van der Waals surface area contributed by atoms with Gasteiger partial charge in [-0.05, 0) is 18.2 Å². The van der Waals surface area contributed by atoms with Crippen LogP contribution >= 0.6 is 0 Å². The summed E-state index contributed by atoms with van der Waals surface area (Å²) in [5.41, 5.74) is -0.960. The second-order valence-electron chi connectivity index (χ2n) is 4.29. The highest BCUT2D eigenvalue weighted by molar-refractivity contribution is 5.53. The fraction of sp³-hybridized carbons (Fsp3) is 0.133. The molecular formula is C15H10F4N2. The third-order valence-corrected chi connectivity index (χ3v) is 2.90. The van der Waals surface area contributed by atoms with Crippen LogP contribution in [0.3, 0.4) is 0 Å². The number of halogens is 4. The maximum Gasteiger partial charge on any atom is 0.418 e. The number of hydrogen-bond acceptors (Lipinski definition) is 2. The van der Waals surface area contributed by atoms with E-state index in [1.54, 1.807) is 6.07 Å². The summed E-state index contributed by atoms with van der Waals surface area (Å²) in [5.74, 6) is -0.725. The van der Waals surface area contributed by atoms with Gasteiger partial charge >= 0.3 is 6.18 Å². The summed E-state index contributed by atoms with van der Waals surface area (Å²) in [4.78, 5) is 0. The van der Waals surface area contributed by atoms with E-state index >= 15 is 0 Å². The number of nitrogens with zero attached hydrogens (tertiary/aromatic N) is 1. The molecule has 6 heteroatoms. The van der Waals surface area contributed by atoms with Gasteiger partial charge in [-0.3, -0.25) is 0 Å². The maximum atomic E-state index is 13.8. The molecule has 0 aromatic heterocycles. The van der Waals surface area contributed by atoms with E-state index in [0.717, 1.165) is 6.07 Å². The van der Waals surface area contributed by atoms with Crippen LogP contribution in [0.15, 0.2) is 42.5 Å². The first-order valence-corrected chi connectivity index (χ1v) is 6.01. The molecule has 1 N–H and O–H groups in total. The topological polar surface area (TPSA) is 35.8 Å². The van der Waals surface area contributed by atoms with E-state index in [4.69, 9.17) is 5.26 Å². The summed E-state index contributed by atoms with van der Waals surface area (Å²) in [6.45, 7) is -0.144. The monoisotopic (exact) mass is 294 g/mol. The van der Waals surface area contributed by atoms with E-state index in [1.807, 2.05) is 0 Å². The minimum atomic E-state index is -4.49. The Bertz CT molecular complexity index is 687. The molecule has 2 nitrogen and oxygen atoms in total. The number of para-hydroxylation sites is 1. The van der Waals surface area contributed by atoms with Gasteiger partial charge in [-0.1, -0.05) is 24.3 Å². The fourth-order valence-electron chi connectivity index (χ4n) is 1.88. The Labute approximate surface area is 118 Å². The Balaban J connectivity index is 2.24. The van der Waals surface area contributed by atoms with Gasteiger partial charge in [0, 0.05) is 17.8 Å². The predicted octanol–water partition coefficient (Wildman–Crippen LogP) is 4.33. The third kappa shape index (κ3) is 3.31. The van der Waals surface area contributed by atoms with Crippen LogP contribution in [-0.2, 0) is 12.7 Å². The first kappa shape index (κ1) is 14.9. The van der Waals surface area contributed by atoms with Crippen molar-refractivity contribution in [3.05, 3.63) is 65.0 Å². The van der Waals surface area contributed by atoms with Crippen molar-refractivity contribution < 1.29 is 17.6 Å². The molecule has 0 bridgehead atoms. The van der Waals surface area contributed by atoms with Crippen molar-refractivity contribution in [2.45, 2.75) is 12.7 Å².